The monoisotopic (exact) mass is 425 g/mol. The van der Waals surface area contributed by atoms with Crippen LogP contribution in [0.5, 0.6) is 5.75 Å². The number of aryl methyl sites for hydroxylation is 2. The molecule has 0 aromatic heterocycles. The average molecular weight is 426 g/mol. The van der Waals surface area contributed by atoms with Gasteiger partial charge in [-0.25, -0.2) is 0 Å². The maximum absolute atomic E-state index is 12.1. The minimum atomic E-state index is -1.00. The second-order valence-electron chi connectivity index (χ2n) is 7.92. The van der Waals surface area contributed by atoms with E-state index in [1.54, 1.807) is 0 Å². The fraction of sp³-hybridized carbons (Fsp3) is 0.440. The van der Waals surface area contributed by atoms with Gasteiger partial charge in [0.05, 0.1) is 12.8 Å². The lowest BCUT2D eigenvalue weighted by molar-refractivity contribution is -0.154. The maximum atomic E-state index is 12.1. The van der Waals surface area contributed by atoms with Gasteiger partial charge in [0.15, 0.2) is 0 Å². The smallest absolute Gasteiger partial charge is 0.306 e. The highest BCUT2D eigenvalue weighted by atomic mass is 16.6. The van der Waals surface area contributed by atoms with Crippen LogP contribution in [0.25, 0.3) is 0 Å². The molecule has 1 aliphatic heterocycles. The summed E-state index contributed by atoms with van der Waals surface area (Å²) < 4.78 is 11.7. The topological polar surface area (TPSA) is 76.1 Å². The molecule has 3 rings (SSSR count). The van der Waals surface area contributed by atoms with Crippen molar-refractivity contribution in [2.24, 2.45) is 0 Å². The second kappa shape index (κ2) is 12.1. The quantitative estimate of drug-likeness (QED) is 0.523. The molecule has 0 amide bonds. The molecule has 1 heterocycles. The predicted molar refractivity (Wildman–Crippen MR) is 118 cm³/mol. The van der Waals surface area contributed by atoms with Crippen molar-refractivity contribution in [2.45, 2.75) is 44.6 Å². The third-order valence-electron chi connectivity index (χ3n) is 5.42. The van der Waals surface area contributed by atoms with Gasteiger partial charge in [0.25, 0.3) is 0 Å². The standard InChI is InChI=1S/C25H31NO5/c27-24(28)14-15-25(29)31-22(18-26-16-6-7-17-26)19-30-23-11-5-4-10-21(23)13-12-20-8-2-1-3-9-20/h1-5,8-11,22H,6-7,12-19H2,(H,27,28). The number of hydrogen-bond donors (Lipinski definition) is 1. The van der Waals surface area contributed by atoms with Crippen molar-refractivity contribution in [3.05, 3.63) is 65.7 Å². The van der Waals surface area contributed by atoms with Crippen molar-refractivity contribution in [3.8, 4) is 5.75 Å². The molecule has 1 aliphatic rings. The van der Waals surface area contributed by atoms with Gasteiger partial charge in [0.2, 0.25) is 0 Å². The summed E-state index contributed by atoms with van der Waals surface area (Å²) in [5, 5.41) is 8.80. The Morgan fingerprint density at radius 1 is 0.935 bits per heavy atom. The van der Waals surface area contributed by atoms with Crippen LogP contribution in [0.4, 0.5) is 0 Å². The van der Waals surface area contributed by atoms with Gasteiger partial charge < -0.3 is 14.6 Å². The van der Waals surface area contributed by atoms with E-state index in [1.165, 1.54) is 5.56 Å². The van der Waals surface area contributed by atoms with E-state index in [4.69, 9.17) is 14.6 Å². The molecule has 2 aromatic rings. The van der Waals surface area contributed by atoms with E-state index in [9.17, 15) is 9.59 Å². The van der Waals surface area contributed by atoms with Gasteiger partial charge in [-0.15, -0.1) is 0 Å². The summed E-state index contributed by atoms with van der Waals surface area (Å²) >= 11 is 0. The molecule has 6 heteroatoms. The summed E-state index contributed by atoms with van der Waals surface area (Å²) in [5.41, 5.74) is 2.39. The van der Waals surface area contributed by atoms with Gasteiger partial charge >= 0.3 is 11.9 Å². The highest BCUT2D eigenvalue weighted by molar-refractivity contribution is 5.76. The lowest BCUT2D eigenvalue weighted by atomic mass is 10.0. The van der Waals surface area contributed by atoms with Crippen molar-refractivity contribution < 1.29 is 24.2 Å². The largest absolute Gasteiger partial charge is 0.489 e. The first-order valence-electron chi connectivity index (χ1n) is 11.0. The number of hydrogen-bond acceptors (Lipinski definition) is 5. The zero-order chi connectivity index (χ0) is 21.9. The number of carboxylic acid groups (broad SMARTS) is 1. The molecule has 31 heavy (non-hydrogen) atoms. The van der Waals surface area contributed by atoms with Crippen molar-refractivity contribution in [1.29, 1.82) is 0 Å². The molecule has 0 aliphatic carbocycles. The van der Waals surface area contributed by atoms with Crippen LogP contribution >= 0.6 is 0 Å². The second-order valence-corrected chi connectivity index (χ2v) is 7.92. The fourth-order valence-electron chi connectivity index (χ4n) is 3.79. The van der Waals surface area contributed by atoms with Crippen molar-refractivity contribution in [2.75, 3.05) is 26.2 Å². The molecule has 1 N–H and O–H groups in total. The summed E-state index contributed by atoms with van der Waals surface area (Å²) in [5.74, 6) is -0.698. The Labute approximate surface area is 183 Å². The minimum Gasteiger partial charge on any atom is -0.489 e. The molecule has 166 valence electrons. The van der Waals surface area contributed by atoms with Crippen LogP contribution in [0, 0.1) is 0 Å². The highest BCUT2D eigenvalue weighted by Gasteiger charge is 2.22. The number of esters is 1. The molecule has 1 atom stereocenters. The van der Waals surface area contributed by atoms with E-state index in [-0.39, 0.29) is 19.4 Å². The number of rotatable bonds is 12. The maximum Gasteiger partial charge on any atom is 0.306 e. The van der Waals surface area contributed by atoms with Crippen LogP contribution in [0.3, 0.4) is 0 Å². The lowest BCUT2D eigenvalue weighted by Crippen LogP contribution is -2.37. The van der Waals surface area contributed by atoms with Gasteiger partial charge in [-0.1, -0.05) is 48.5 Å². The molecule has 2 aromatic carbocycles. The Morgan fingerprint density at radius 3 is 2.39 bits per heavy atom. The third kappa shape index (κ3) is 8.06. The molecule has 1 unspecified atom stereocenters. The molecule has 0 radical (unpaired) electrons. The zero-order valence-corrected chi connectivity index (χ0v) is 17.9. The first-order valence-corrected chi connectivity index (χ1v) is 11.0. The first kappa shape index (κ1) is 22.8. The zero-order valence-electron chi connectivity index (χ0n) is 17.9. The van der Waals surface area contributed by atoms with E-state index in [1.807, 2.05) is 36.4 Å². The summed E-state index contributed by atoms with van der Waals surface area (Å²) in [6.45, 7) is 2.82. The normalized spacial score (nSPS) is 14.8. The molecule has 0 spiro atoms. The van der Waals surface area contributed by atoms with Crippen LogP contribution in [0.15, 0.2) is 54.6 Å². The van der Waals surface area contributed by atoms with Gasteiger partial charge in [-0.05, 0) is 56.0 Å². The molecular formula is C25H31NO5. The number of nitrogens with zero attached hydrogens (tertiary/aromatic N) is 1. The van der Waals surface area contributed by atoms with E-state index in [2.05, 4.69) is 23.1 Å². The average Bonchev–Trinajstić information content (AvgIpc) is 3.29. The Balaban J connectivity index is 1.58. The Morgan fingerprint density at radius 2 is 1.65 bits per heavy atom. The van der Waals surface area contributed by atoms with Gasteiger partial charge in [0.1, 0.15) is 18.5 Å². The summed E-state index contributed by atoms with van der Waals surface area (Å²) in [4.78, 5) is 25.1. The van der Waals surface area contributed by atoms with Crippen LogP contribution < -0.4 is 4.74 Å². The van der Waals surface area contributed by atoms with Crippen molar-refractivity contribution in [1.82, 2.24) is 4.90 Å². The van der Waals surface area contributed by atoms with Gasteiger partial charge in [-0.2, -0.15) is 0 Å². The SMILES string of the molecule is O=C(O)CCC(=O)OC(COc1ccccc1CCc1ccccc1)CN1CCCC1. The van der Waals surface area contributed by atoms with Gasteiger partial charge in [-0.3, -0.25) is 14.5 Å². The number of likely N-dealkylation sites (tertiary alicyclic amines) is 1. The molecule has 0 saturated carbocycles. The van der Waals surface area contributed by atoms with Crippen LogP contribution in [0.1, 0.15) is 36.8 Å². The number of carboxylic acids is 1. The van der Waals surface area contributed by atoms with Crippen LogP contribution in [-0.4, -0.2) is 54.3 Å². The van der Waals surface area contributed by atoms with E-state index in [0.717, 1.165) is 50.1 Å². The summed E-state index contributed by atoms with van der Waals surface area (Å²) in [7, 11) is 0. The van der Waals surface area contributed by atoms with Crippen molar-refractivity contribution >= 4 is 11.9 Å². The fourth-order valence-corrected chi connectivity index (χ4v) is 3.79. The van der Waals surface area contributed by atoms with Gasteiger partial charge in [0, 0.05) is 6.54 Å². The number of aliphatic carboxylic acids is 1. The number of ether oxygens (including phenoxy) is 2. The van der Waals surface area contributed by atoms with Crippen LogP contribution in [-0.2, 0) is 27.2 Å². The lowest BCUT2D eigenvalue weighted by Gasteiger charge is -2.24. The number of carbonyl (C=O) groups is 2. The summed E-state index contributed by atoms with van der Waals surface area (Å²) in [6, 6.07) is 18.3. The molecular weight excluding hydrogens is 394 g/mol. The van der Waals surface area contributed by atoms with E-state index >= 15 is 0 Å². The number of carbonyl (C=O) groups excluding carboxylic acids is 1. The Hall–Kier alpha value is -2.86. The van der Waals surface area contributed by atoms with Crippen molar-refractivity contribution in [3.63, 3.8) is 0 Å². The first-order chi connectivity index (χ1) is 15.1. The molecule has 1 saturated heterocycles. The molecule has 6 nitrogen and oxygen atoms in total. The number of para-hydroxylation sites is 1. The summed E-state index contributed by atoms with van der Waals surface area (Å²) in [6.07, 6.45) is 3.28. The Kier molecular flexibility index (Phi) is 8.91. The molecule has 1 fully saturated rings. The highest BCUT2D eigenvalue weighted by Crippen LogP contribution is 2.21. The third-order valence-corrected chi connectivity index (χ3v) is 5.42. The minimum absolute atomic E-state index is 0.126. The van der Waals surface area contributed by atoms with Crippen LogP contribution in [0.2, 0.25) is 0 Å². The Bertz CT molecular complexity index is 833. The predicted octanol–water partition coefficient (Wildman–Crippen LogP) is 3.72. The van der Waals surface area contributed by atoms with E-state index in [0.29, 0.717) is 6.54 Å². The number of benzene rings is 2. The molecule has 0 bridgehead atoms. The van der Waals surface area contributed by atoms with E-state index < -0.39 is 18.0 Å².